The molecular formula is C37H42. The van der Waals surface area contributed by atoms with Crippen LogP contribution in [0.4, 0.5) is 0 Å². The molecule has 0 amide bonds. The minimum absolute atomic E-state index is 0.0737. The van der Waals surface area contributed by atoms with Crippen molar-refractivity contribution in [3.63, 3.8) is 0 Å². The van der Waals surface area contributed by atoms with Gasteiger partial charge in [0.1, 0.15) is 0 Å². The summed E-state index contributed by atoms with van der Waals surface area (Å²) in [7, 11) is 0. The van der Waals surface area contributed by atoms with Gasteiger partial charge in [0.05, 0.1) is 5.41 Å². The van der Waals surface area contributed by atoms with Crippen molar-refractivity contribution in [1.29, 1.82) is 0 Å². The van der Waals surface area contributed by atoms with Crippen LogP contribution in [0, 0.1) is 0 Å². The van der Waals surface area contributed by atoms with E-state index >= 15 is 0 Å². The first-order valence-corrected chi connectivity index (χ1v) is 14.0. The molecule has 0 atom stereocenters. The number of aryl methyl sites for hydroxylation is 2. The maximum Gasteiger partial charge on any atom is 0.0713 e. The zero-order chi connectivity index (χ0) is 26.6. The molecule has 0 nitrogen and oxygen atoms in total. The summed E-state index contributed by atoms with van der Waals surface area (Å²) in [4.78, 5) is 0. The van der Waals surface area contributed by atoms with Crippen LogP contribution in [0.2, 0.25) is 0 Å². The van der Waals surface area contributed by atoms with E-state index in [2.05, 4.69) is 140 Å². The molecule has 0 aliphatic heterocycles. The zero-order valence-electron chi connectivity index (χ0n) is 24.0. The third-order valence-corrected chi connectivity index (χ3v) is 8.46. The normalized spacial score (nSPS) is 14.4. The van der Waals surface area contributed by atoms with Crippen molar-refractivity contribution in [3.05, 3.63) is 129 Å². The summed E-state index contributed by atoms with van der Waals surface area (Å²) in [5.74, 6) is 0. The molecule has 0 N–H and O–H groups in total. The van der Waals surface area contributed by atoms with Crippen molar-refractivity contribution < 1.29 is 0 Å². The van der Waals surface area contributed by atoms with Crippen molar-refractivity contribution in [2.75, 3.05) is 0 Å². The lowest BCUT2D eigenvalue weighted by molar-refractivity contribution is 0.586. The van der Waals surface area contributed by atoms with E-state index in [-0.39, 0.29) is 16.2 Å². The molecule has 0 radical (unpaired) electrons. The highest BCUT2D eigenvalue weighted by Crippen LogP contribution is 2.57. The first-order chi connectivity index (χ1) is 17.5. The van der Waals surface area contributed by atoms with Crippen LogP contribution < -0.4 is 0 Å². The molecule has 0 fully saturated rings. The minimum Gasteiger partial charge on any atom is -0.0613 e. The highest BCUT2D eigenvalue weighted by atomic mass is 14.5. The van der Waals surface area contributed by atoms with E-state index in [1.165, 1.54) is 55.6 Å². The van der Waals surface area contributed by atoms with Crippen LogP contribution in [0.1, 0.15) is 99.9 Å². The van der Waals surface area contributed by atoms with Crippen LogP contribution in [-0.2, 0) is 29.1 Å². The van der Waals surface area contributed by atoms with E-state index in [1.807, 2.05) is 0 Å². The Morgan fingerprint density at radius 2 is 0.838 bits per heavy atom. The second kappa shape index (κ2) is 9.02. The first kappa shape index (κ1) is 25.5. The van der Waals surface area contributed by atoms with Gasteiger partial charge in [-0.3, -0.25) is 0 Å². The smallest absolute Gasteiger partial charge is 0.0613 e. The lowest BCUT2D eigenvalue weighted by Crippen LogP contribution is -2.29. The highest BCUT2D eigenvalue weighted by Gasteiger charge is 2.47. The van der Waals surface area contributed by atoms with E-state index in [4.69, 9.17) is 0 Å². The molecule has 5 rings (SSSR count). The Kier molecular flexibility index (Phi) is 6.22. The highest BCUT2D eigenvalue weighted by molar-refractivity contribution is 5.87. The Morgan fingerprint density at radius 1 is 0.486 bits per heavy atom. The van der Waals surface area contributed by atoms with E-state index in [0.717, 1.165) is 12.8 Å². The largest absolute Gasteiger partial charge is 0.0713 e. The molecule has 1 aliphatic carbocycles. The lowest BCUT2D eigenvalue weighted by atomic mass is 9.66. The molecule has 0 saturated carbocycles. The third kappa shape index (κ3) is 4.15. The number of hydrogen-bond donors (Lipinski definition) is 0. The Morgan fingerprint density at radius 3 is 1.14 bits per heavy atom. The van der Waals surface area contributed by atoms with Crippen molar-refractivity contribution in [3.8, 4) is 11.1 Å². The predicted octanol–water partition coefficient (Wildman–Crippen LogP) is 9.77. The van der Waals surface area contributed by atoms with Crippen LogP contribution in [0.5, 0.6) is 0 Å². The molecule has 4 aromatic rings. The van der Waals surface area contributed by atoms with Crippen LogP contribution in [0.15, 0.2) is 84.9 Å². The third-order valence-electron chi connectivity index (χ3n) is 8.46. The summed E-state index contributed by atoms with van der Waals surface area (Å²) in [5, 5.41) is 0. The van der Waals surface area contributed by atoms with E-state index < -0.39 is 0 Å². The average molecular weight is 487 g/mol. The second-order valence-electron chi connectivity index (χ2n) is 12.9. The van der Waals surface area contributed by atoms with Gasteiger partial charge in [-0.05, 0) is 79.3 Å². The first-order valence-electron chi connectivity index (χ1n) is 14.0. The van der Waals surface area contributed by atoms with Gasteiger partial charge in [-0.15, -0.1) is 0 Å². The standard InChI is InChI=1S/C37H42/c1-9-25-11-15-27(16-12-25)37(28-17-13-26(10-2)14-18-28)33-23-29(35(3,4)5)19-21-31(33)32-22-20-30(24-34(32)37)36(6,7)8/h11-24H,9-10H2,1-8H3. The van der Waals surface area contributed by atoms with Gasteiger partial charge in [0.15, 0.2) is 0 Å². The fraction of sp³-hybridized carbons (Fsp3) is 0.351. The second-order valence-corrected chi connectivity index (χ2v) is 12.9. The summed E-state index contributed by atoms with van der Waals surface area (Å²) < 4.78 is 0. The summed E-state index contributed by atoms with van der Waals surface area (Å²) in [6.07, 6.45) is 2.10. The molecule has 1 aliphatic rings. The van der Waals surface area contributed by atoms with Crippen molar-refractivity contribution in [1.82, 2.24) is 0 Å². The summed E-state index contributed by atoms with van der Waals surface area (Å²) in [5.41, 5.74) is 13.6. The van der Waals surface area contributed by atoms with E-state index in [0.29, 0.717) is 0 Å². The molecule has 4 aromatic carbocycles. The monoisotopic (exact) mass is 486 g/mol. The molecule has 0 aromatic heterocycles. The van der Waals surface area contributed by atoms with Gasteiger partial charge >= 0.3 is 0 Å². The van der Waals surface area contributed by atoms with Crippen LogP contribution >= 0.6 is 0 Å². The van der Waals surface area contributed by atoms with Gasteiger partial charge in [0.2, 0.25) is 0 Å². The number of rotatable bonds is 4. The van der Waals surface area contributed by atoms with Crippen molar-refractivity contribution in [2.45, 2.75) is 84.5 Å². The summed E-state index contributed by atoms with van der Waals surface area (Å²) in [6.45, 7) is 18.4. The Labute approximate surface area is 224 Å². The van der Waals surface area contributed by atoms with Crippen LogP contribution in [0.3, 0.4) is 0 Å². The molecule has 0 heterocycles. The summed E-state index contributed by atoms with van der Waals surface area (Å²) in [6, 6.07) is 33.3. The number of benzene rings is 4. The minimum atomic E-state index is -0.355. The zero-order valence-corrected chi connectivity index (χ0v) is 24.0. The lowest BCUT2D eigenvalue weighted by Gasteiger charge is -2.35. The van der Waals surface area contributed by atoms with Crippen LogP contribution in [-0.4, -0.2) is 0 Å². The van der Waals surface area contributed by atoms with Gasteiger partial charge in [0, 0.05) is 0 Å². The number of hydrogen-bond acceptors (Lipinski definition) is 0. The number of fused-ring (bicyclic) bond motifs is 3. The average Bonchev–Trinajstić information content (AvgIpc) is 3.18. The quantitative estimate of drug-likeness (QED) is 0.237. The Balaban J connectivity index is 1.94. The SMILES string of the molecule is CCc1ccc(C2(c3ccc(CC)cc3)c3cc(C(C)(C)C)ccc3-c3ccc(C(C)(C)C)cc32)cc1. The fourth-order valence-electron chi connectivity index (χ4n) is 6.03. The van der Waals surface area contributed by atoms with Crippen LogP contribution in [0.25, 0.3) is 11.1 Å². The van der Waals surface area contributed by atoms with Gasteiger partial charge in [-0.1, -0.05) is 140 Å². The summed E-state index contributed by atoms with van der Waals surface area (Å²) >= 11 is 0. The molecule has 0 bridgehead atoms. The van der Waals surface area contributed by atoms with Gasteiger partial charge < -0.3 is 0 Å². The fourth-order valence-corrected chi connectivity index (χ4v) is 6.03. The predicted molar refractivity (Wildman–Crippen MR) is 160 cm³/mol. The van der Waals surface area contributed by atoms with Gasteiger partial charge in [0.25, 0.3) is 0 Å². The van der Waals surface area contributed by atoms with Gasteiger partial charge in [-0.2, -0.15) is 0 Å². The maximum atomic E-state index is 2.51. The molecule has 0 heteroatoms. The molecule has 190 valence electrons. The molecular weight excluding hydrogens is 444 g/mol. The van der Waals surface area contributed by atoms with Crippen molar-refractivity contribution in [2.24, 2.45) is 0 Å². The topological polar surface area (TPSA) is 0 Å². The Bertz CT molecular complexity index is 1300. The Hall–Kier alpha value is -3.12. The molecule has 0 saturated heterocycles. The maximum absolute atomic E-state index is 2.51. The molecule has 37 heavy (non-hydrogen) atoms. The van der Waals surface area contributed by atoms with Crippen molar-refractivity contribution >= 4 is 0 Å². The van der Waals surface area contributed by atoms with E-state index in [1.54, 1.807) is 0 Å². The van der Waals surface area contributed by atoms with Gasteiger partial charge in [-0.25, -0.2) is 0 Å². The molecule has 0 unspecified atom stereocenters. The van der Waals surface area contributed by atoms with E-state index in [9.17, 15) is 0 Å². The molecule has 0 spiro atoms.